The summed E-state index contributed by atoms with van der Waals surface area (Å²) in [6.45, 7) is 0. The van der Waals surface area contributed by atoms with Crippen molar-refractivity contribution >= 4 is 61.5 Å². The van der Waals surface area contributed by atoms with Crippen LogP contribution in [0.25, 0.3) is 0 Å². The SMILES string of the molecule is O=S(C1C=C(C(F)(C(F)(F)F)C(F)(F)C(F)(F)F)C(CC(Cl)(Cl)Cl)=C(Br)C1)C(F)(F)F. The largest absolute Gasteiger partial charge is 0.471 e. The summed E-state index contributed by atoms with van der Waals surface area (Å²) in [6, 6.07) is 0. The first-order chi connectivity index (χ1) is 13.4. The van der Waals surface area contributed by atoms with E-state index in [0.717, 1.165) is 0 Å². The van der Waals surface area contributed by atoms with Gasteiger partial charge in [0.1, 0.15) is 10.8 Å². The van der Waals surface area contributed by atoms with Crippen molar-refractivity contribution in [3.05, 3.63) is 21.7 Å². The number of halogens is 16. The van der Waals surface area contributed by atoms with Crippen molar-refractivity contribution in [2.75, 3.05) is 0 Å². The van der Waals surface area contributed by atoms with Gasteiger partial charge in [0.15, 0.2) is 3.79 Å². The minimum absolute atomic E-state index is 0.548. The summed E-state index contributed by atoms with van der Waals surface area (Å²) in [5, 5.41) is -2.66. The van der Waals surface area contributed by atoms with Crippen LogP contribution in [-0.2, 0) is 10.8 Å². The first-order valence-electron chi connectivity index (χ1n) is 7.22. The van der Waals surface area contributed by atoms with Crippen LogP contribution in [0.4, 0.5) is 52.7 Å². The molecule has 0 heterocycles. The molecule has 0 aliphatic heterocycles. The summed E-state index contributed by atoms with van der Waals surface area (Å²) in [4.78, 5) is 0. The molecule has 0 spiro atoms. The molecular weight excluding hydrogens is 618 g/mol. The molecule has 0 N–H and O–H groups in total. The molecule has 0 bridgehead atoms. The van der Waals surface area contributed by atoms with Crippen molar-refractivity contribution in [3.8, 4) is 0 Å². The number of alkyl halides is 15. The van der Waals surface area contributed by atoms with Crippen LogP contribution < -0.4 is 0 Å². The van der Waals surface area contributed by atoms with Crippen LogP contribution in [0.2, 0.25) is 0 Å². The fourth-order valence-electron chi connectivity index (χ4n) is 2.51. The van der Waals surface area contributed by atoms with Gasteiger partial charge in [-0.25, -0.2) is 8.60 Å². The zero-order chi connectivity index (χ0) is 25.0. The molecule has 3 atom stereocenters. The highest BCUT2D eigenvalue weighted by Crippen LogP contribution is 2.60. The van der Waals surface area contributed by atoms with Crippen LogP contribution in [0.5, 0.6) is 0 Å². The lowest BCUT2D eigenvalue weighted by Gasteiger charge is -2.40. The maximum absolute atomic E-state index is 15.0. The monoisotopic (exact) mass is 622 g/mol. The Labute approximate surface area is 191 Å². The molecule has 31 heavy (non-hydrogen) atoms. The summed E-state index contributed by atoms with van der Waals surface area (Å²) in [7, 11) is -4.11. The van der Waals surface area contributed by atoms with E-state index in [1.54, 1.807) is 0 Å². The van der Waals surface area contributed by atoms with Gasteiger partial charge >= 0.3 is 29.5 Å². The van der Waals surface area contributed by atoms with Crippen LogP contribution in [0.3, 0.4) is 0 Å². The molecule has 18 heteroatoms. The van der Waals surface area contributed by atoms with Crippen LogP contribution in [0.1, 0.15) is 12.8 Å². The first-order valence-corrected chi connectivity index (χ1v) is 10.4. The Kier molecular flexibility index (Phi) is 8.22. The van der Waals surface area contributed by atoms with Crippen LogP contribution in [0, 0.1) is 0 Å². The van der Waals surface area contributed by atoms with Crippen molar-refractivity contribution in [2.45, 2.75) is 51.3 Å². The van der Waals surface area contributed by atoms with Crippen LogP contribution >= 0.6 is 50.7 Å². The summed E-state index contributed by atoms with van der Waals surface area (Å²) >= 11 is 18.4. The molecule has 1 aliphatic rings. The van der Waals surface area contributed by atoms with E-state index in [9.17, 15) is 56.9 Å². The van der Waals surface area contributed by atoms with E-state index < -0.39 is 83.8 Å². The molecule has 1 rings (SSSR count). The lowest BCUT2D eigenvalue weighted by Crippen LogP contribution is -2.63. The Morgan fingerprint density at radius 1 is 0.903 bits per heavy atom. The molecule has 0 fully saturated rings. The van der Waals surface area contributed by atoms with Crippen molar-refractivity contribution in [1.82, 2.24) is 0 Å². The number of hydrogen-bond donors (Lipinski definition) is 0. The van der Waals surface area contributed by atoms with Gasteiger partial charge in [0.2, 0.25) is 0 Å². The van der Waals surface area contributed by atoms with E-state index in [1.807, 2.05) is 0 Å². The molecule has 182 valence electrons. The standard InChI is InChI=1S/C13H6BrCl3F12OS/c14-7-2-4(31(30)13(27,28)29)1-6(5(7)3-8(15,16)17)9(18,11(21,22)23)10(19,20)12(24,25)26/h1,4H,2-3H2. The minimum Gasteiger partial charge on any atom is -0.250 e. The third-order valence-corrected chi connectivity index (χ3v) is 6.33. The molecule has 0 aromatic carbocycles. The maximum atomic E-state index is 15.0. The Morgan fingerprint density at radius 3 is 1.68 bits per heavy atom. The van der Waals surface area contributed by atoms with Gasteiger partial charge in [-0.05, 0) is 12.0 Å². The van der Waals surface area contributed by atoms with E-state index in [-0.39, 0.29) is 0 Å². The summed E-state index contributed by atoms with van der Waals surface area (Å²) in [5.41, 5.74) is -16.2. The molecule has 1 aliphatic carbocycles. The normalized spacial score (nSPS) is 22.8. The fourth-order valence-corrected chi connectivity index (χ4v) is 4.75. The van der Waals surface area contributed by atoms with Crippen molar-refractivity contribution in [2.24, 2.45) is 0 Å². The highest BCUT2D eigenvalue weighted by molar-refractivity contribution is 9.11. The average Bonchev–Trinajstić information content (AvgIpc) is 2.50. The topological polar surface area (TPSA) is 17.1 Å². The van der Waals surface area contributed by atoms with E-state index in [0.29, 0.717) is 0 Å². The van der Waals surface area contributed by atoms with Crippen molar-refractivity contribution < 1.29 is 56.9 Å². The van der Waals surface area contributed by atoms with Gasteiger partial charge in [-0.1, -0.05) is 56.8 Å². The minimum atomic E-state index is -7.20. The molecule has 0 aromatic rings. The Morgan fingerprint density at radius 2 is 1.35 bits per heavy atom. The Hall–Kier alpha value is 0.140. The summed E-state index contributed by atoms with van der Waals surface area (Å²) in [6.07, 6.45) is -17.3. The highest BCUT2D eigenvalue weighted by atomic mass is 79.9. The van der Waals surface area contributed by atoms with Gasteiger partial charge in [-0.2, -0.15) is 48.3 Å². The second-order valence-corrected chi connectivity index (χ2v) is 11.1. The third-order valence-electron chi connectivity index (χ3n) is 3.82. The van der Waals surface area contributed by atoms with E-state index in [1.165, 1.54) is 0 Å². The molecule has 0 amide bonds. The van der Waals surface area contributed by atoms with Gasteiger partial charge in [0.05, 0.1) is 5.25 Å². The Balaban J connectivity index is 3.98. The lowest BCUT2D eigenvalue weighted by atomic mass is 9.79. The molecule has 0 aromatic heterocycles. The van der Waals surface area contributed by atoms with Gasteiger partial charge < -0.3 is 0 Å². The van der Waals surface area contributed by atoms with Gasteiger partial charge in [0, 0.05) is 16.5 Å². The van der Waals surface area contributed by atoms with Crippen molar-refractivity contribution in [3.63, 3.8) is 0 Å². The summed E-state index contributed by atoms with van der Waals surface area (Å²) < 4.78 is 167. The molecule has 0 saturated carbocycles. The number of allylic oxidation sites excluding steroid dienone is 3. The van der Waals surface area contributed by atoms with Crippen LogP contribution in [0.15, 0.2) is 21.7 Å². The summed E-state index contributed by atoms with van der Waals surface area (Å²) in [5.74, 6) is -7.20. The molecule has 0 radical (unpaired) electrons. The lowest BCUT2D eigenvalue weighted by molar-refractivity contribution is -0.372. The molecule has 3 unspecified atom stereocenters. The average molecular weight is 624 g/mol. The maximum Gasteiger partial charge on any atom is 0.471 e. The van der Waals surface area contributed by atoms with Gasteiger partial charge in [-0.15, -0.1) is 0 Å². The third kappa shape index (κ3) is 5.80. The van der Waals surface area contributed by atoms with Crippen LogP contribution in [-0.4, -0.2) is 42.7 Å². The first kappa shape index (κ1) is 29.2. The number of rotatable bonds is 4. The van der Waals surface area contributed by atoms with E-state index in [2.05, 4.69) is 15.9 Å². The Bertz CT molecular complexity index is 796. The molecule has 0 saturated heterocycles. The zero-order valence-electron chi connectivity index (χ0n) is 13.9. The van der Waals surface area contributed by atoms with Crippen molar-refractivity contribution in [1.29, 1.82) is 0 Å². The van der Waals surface area contributed by atoms with Gasteiger partial charge in [-0.3, -0.25) is 0 Å². The smallest absolute Gasteiger partial charge is 0.250 e. The highest BCUT2D eigenvalue weighted by Gasteiger charge is 2.82. The number of hydrogen-bond acceptors (Lipinski definition) is 1. The molecule has 1 nitrogen and oxygen atoms in total. The second-order valence-electron chi connectivity index (χ2n) is 5.97. The van der Waals surface area contributed by atoms with E-state index >= 15 is 0 Å². The molecular formula is C13H6BrCl3F12OS. The quantitative estimate of drug-likeness (QED) is 0.230. The van der Waals surface area contributed by atoms with E-state index in [4.69, 9.17) is 34.8 Å². The second kappa shape index (κ2) is 8.73. The predicted molar refractivity (Wildman–Crippen MR) is 92.4 cm³/mol. The zero-order valence-corrected chi connectivity index (χ0v) is 18.6. The fraction of sp³-hybridized carbons (Fsp3) is 0.692. The predicted octanol–water partition coefficient (Wildman–Crippen LogP) is 7.83. The van der Waals surface area contributed by atoms with Gasteiger partial charge in [0.25, 0.3) is 0 Å².